The molecule has 0 bridgehead atoms. The molecule has 1 aromatic carbocycles. The summed E-state index contributed by atoms with van der Waals surface area (Å²) in [5.74, 6) is 1.56. The van der Waals surface area contributed by atoms with E-state index in [1.165, 1.54) is 0 Å². The maximum atomic E-state index is 12.6. The number of fused-ring (bicyclic) bond motifs is 1. The second-order valence-electron chi connectivity index (χ2n) is 8.11. The van der Waals surface area contributed by atoms with Crippen LogP contribution in [0.15, 0.2) is 30.0 Å². The molecule has 0 atom stereocenters. The van der Waals surface area contributed by atoms with Crippen LogP contribution < -0.4 is 4.90 Å². The molecule has 1 aromatic heterocycles. The Hall–Kier alpha value is -3.17. The highest BCUT2D eigenvalue weighted by atomic mass is 16.5. The lowest BCUT2D eigenvalue weighted by atomic mass is 9.85. The highest BCUT2D eigenvalue weighted by Crippen LogP contribution is 2.47. The Labute approximate surface area is 177 Å². The number of anilines is 1. The van der Waals surface area contributed by atoms with Crippen LogP contribution in [0.1, 0.15) is 47.8 Å². The molecule has 30 heavy (non-hydrogen) atoms. The van der Waals surface area contributed by atoms with Gasteiger partial charge in [0.15, 0.2) is 0 Å². The van der Waals surface area contributed by atoms with E-state index in [-0.39, 0.29) is 17.8 Å². The van der Waals surface area contributed by atoms with Crippen molar-refractivity contribution in [1.29, 1.82) is 0 Å². The number of nitrogens with zero attached hydrogens (tertiary/aromatic N) is 2. The van der Waals surface area contributed by atoms with Crippen molar-refractivity contribution in [3.05, 3.63) is 58.1 Å². The quantitative estimate of drug-likeness (QED) is 0.551. The number of ether oxygens (including phenoxy) is 1. The Balaban J connectivity index is 1.97. The van der Waals surface area contributed by atoms with Gasteiger partial charge in [0.25, 0.3) is 0 Å². The van der Waals surface area contributed by atoms with Crippen LogP contribution in [0.5, 0.6) is 0 Å². The van der Waals surface area contributed by atoms with Crippen molar-refractivity contribution < 1.29 is 14.3 Å². The van der Waals surface area contributed by atoms with Crippen molar-refractivity contribution in [1.82, 2.24) is 4.98 Å². The smallest absolute Gasteiger partial charge is 0.341 e. The standard InChI is InChI=1S/C25H26N2O3/c1-6-30-25(29)21-12-27(19-7-8-19)24-17(5)20(9-14(2)23(24)22(21)13-28)18-10-15(3)26-16(4)11-18/h9-12,19H,6-8H2,1-5H3. The number of aryl methyl sites for hydroxylation is 3. The number of aromatic nitrogens is 1. The third kappa shape index (κ3) is 3.35. The summed E-state index contributed by atoms with van der Waals surface area (Å²) >= 11 is 0. The lowest BCUT2D eigenvalue weighted by molar-refractivity contribution is -0.138. The minimum atomic E-state index is -0.478. The lowest BCUT2D eigenvalue weighted by Crippen LogP contribution is -2.28. The van der Waals surface area contributed by atoms with Crippen molar-refractivity contribution in [3.63, 3.8) is 0 Å². The lowest BCUT2D eigenvalue weighted by Gasteiger charge is -2.33. The first-order chi connectivity index (χ1) is 14.3. The fourth-order valence-corrected chi connectivity index (χ4v) is 4.34. The molecule has 0 unspecified atom stereocenters. The van der Waals surface area contributed by atoms with Gasteiger partial charge in [-0.25, -0.2) is 9.59 Å². The van der Waals surface area contributed by atoms with Gasteiger partial charge in [-0.15, -0.1) is 0 Å². The SMILES string of the molecule is CCOC(=O)C1=CN(C2CC2)c2c(C)c(-c3cc(C)nc(C)c3)cc(C)c2C1=C=O. The van der Waals surface area contributed by atoms with E-state index < -0.39 is 5.97 Å². The minimum Gasteiger partial charge on any atom is -0.462 e. The summed E-state index contributed by atoms with van der Waals surface area (Å²) < 4.78 is 5.23. The van der Waals surface area contributed by atoms with Crippen LogP contribution in [0.2, 0.25) is 0 Å². The summed E-state index contributed by atoms with van der Waals surface area (Å²) in [4.78, 5) is 31.3. The van der Waals surface area contributed by atoms with Crippen molar-refractivity contribution >= 4 is 23.2 Å². The predicted octanol–water partition coefficient (Wildman–Crippen LogP) is 4.63. The minimum absolute atomic E-state index is 0.260. The van der Waals surface area contributed by atoms with E-state index in [0.29, 0.717) is 6.04 Å². The van der Waals surface area contributed by atoms with Crippen LogP contribution in [-0.4, -0.2) is 29.5 Å². The van der Waals surface area contributed by atoms with E-state index in [1.54, 1.807) is 13.1 Å². The average molecular weight is 402 g/mol. The molecule has 2 aliphatic rings. The van der Waals surface area contributed by atoms with Crippen LogP contribution in [0.25, 0.3) is 16.7 Å². The Bertz CT molecular complexity index is 1120. The van der Waals surface area contributed by atoms with E-state index in [1.807, 2.05) is 26.7 Å². The molecule has 4 rings (SSSR count). The van der Waals surface area contributed by atoms with Crippen LogP contribution in [-0.2, 0) is 14.3 Å². The fraction of sp³-hybridized carbons (Fsp3) is 0.360. The maximum Gasteiger partial charge on any atom is 0.341 e. The van der Waals surface area contributed by atoms with Crippen LogP contribution in [0.3, 0.4) is 0 Å². The second kappa shape index (κ2) is 7.58. The first kappa shape index (κ1) is 20.1. The molecule has 0 N–H and O–H groups in total. The van der Waals surface area contributed by atoms with Crippen LogP contribution in [0.4, 0.5) is 5.69 Å². The van der Waals surface area contributed by atoms with Gasteiger partial charge in [-0.05, 0) is 81.8 Å². The number of carbonyl (C=O) groups excluding carboxylic acids is 2. The van der Waals surface area contributed by atoms with Crippen LogP contribution in [0, 0.1) is 27.7 Å². The normalized spacial score (nSPS) is 15.4. The average Bonchev–Trinajstić information content (AvgIpc) is 3.53. The predicted molar refractivity (Wildman–Crippen MR) is 118 cm³/mol. The molecule has 1 fully saturated rings. The second-order valence-corrected chi connectivity index (χ2v) is 8.11. The van der Waals surface area contributed by atoms with E-state index >= 15 is 0 Å². The Kier molecular flexibility index (Phi) is 5.08. The first-order valence-electron chi connectivity index (χ1n) is 10.4. The van der Waals surface area contributed by atoms with Crippen LogP contribution >= 0.6 is 0 Å². The summed E-state index contributed by atoms with van der Waals surface area (Å²) in [6.45, 7) is 10.1. The molecule has 154 valence electrons. The third-order valence-electron chi connectivity index (χ3n) is 5.73. The van der Waals surface area contributed by atoms with Gasteiger partial charge in [0.1, 0.15) is 5.94 Å². The topological polar surface area (TPSA) is 59.5 Å². The summed E-state index contributed by atoms with van der Waals surface area (Å²) in [5.41, 5.74) is 8.54. The van der Waals surface area contributed by atoms with Crippen molar-refractivity contribution in [2.24, 2.45) is 0 Å². The van der Waals surface area contributed by atoms with E-state index in [4.69, 9.17) is 4.74 Å². The zero-order chi connectivity index (χ0) is 21.6. The molecule has 0 spiro atoms. The van der Waals surface area contributed by atoms with E-state index in [0.717, 1.165) is 57.7 Å². The number of pyridine rings is 1. The number of benzene rings is 1. The van der Waals surface area contributed by atoms with Gasteiger partial charge < -0.3 is 9.64 Å². The number of hydrogen-bond donors (Lipinski definition) is 0. The highest BCUT2D eigenvalue weighted by molar-refractivity contribution is 6.17. The summed E-state index contributed by atoms with van der Waals surface area (Å²) in [6, 6.07) is 6.60. The molecule has 0 amide bonds. The zero-order valence-electron chi connectivity index (χ0n) is 18.1. The van der Waals surface area contributed by atoms with Gasteiger partial charge in [0.2, 0.25) is 0 Å². The molecule has 2 heterocycles. The highest BCUT2D eigenvalue weighted by Gasteiger charge is 2.38. The molecule has 2 aromatic rings. The molecular weight excluding hydrogens is 376 g/mol. The van der Waals surface area contributed by atoms with Gasteiger partial charge in [-0.2, -0.15) is 0 Å². The van der Waals surface area contributed by atoms with Gasteiger partial charge >= 0.3 is 5.97 Å². The molecule has 0 saturated heterocycles. The molecule has 1 aliphatic heterocycles. The maximum absolute atomic E-state index is 12.6. The molecule has 1 aliphatic carbocycles. The number of hydrogen-bond acceptors (Lipinski definition) is 5. The Morgan fingerprint density at radius 1 is 1.17 bits per heavy atom. The van der Waals surface area contributed by atoms with Crippen molar-refractivity contribution in [2.45, 2.75) is 53.5 Å². The molecule has 5 nitrogen and oxygen atoms in total. The van der Waals surface area contributed by atoms with Gasteiger partial charge in [0.05, 0.1) is 23.4 Å². The molecule has 5 heteroatoms. The number of esters is 1. The monoisotopic (exact) mass is 402 g/mol. The zero-order valence-corrected chi connectivity index (χ0v) is 18.1. The van der Waals surface area contributed by atoms with Crippen molar-refractivity contribution in [2.75, 3.05) is 11.5 Å². The summed E-state index contributed by atoms with van der Waals surface area (Å²) in [5, 5.41) is 0. The summed E-state index contributed by atoms with van der Waals surface area (Å²) in [6.07, 6.45) is 3.90. The van der Waals surface area contributed by atoms with E-state index in [2.05, 4.69) is 35.0 Å². The first-order valence-corrected chi connectivity index (χ1v) is 10.4. The fourth-order valence-electron chi connectivity index (χ4n) is 4.34. The summed E-state index contributed by atoms with van der Waals surface area (Å²) in [7, 11) is 0. The Morgan fingerprint density at radius 3 is 2.40 bits per heavy atom. The van der Waals surface area contributed by atoms with Gasteiger partial charge in [-0.1, -0.05) is 6.07 Å². The largest absolute Gasteiger partial charge is 0.462 e. The Morgan fingerprint density at radius 2 is 1.83 bits per heavy atom. The number of rotatable bonds is 4. The third-order valence-corrected chi connectivity index (χ3v) is 5.73. The van der Waals surface area contributed by atoms with Gasteiger partial charge in [-0.3, -0.25) is 4.98 Å². The molecule has 0 radical (unpaired) electrons. The molecule has 1 saturated carbocycles. The molecular formula is C25H26N2O3. The van der Waals surface area contributed by atoms with Gasteiger partial charge in [0, 0.05) is 29.2 Å². The van der Waals surface area contributed by atoms with Crippen molar-refractivity contribution in [3.8, 4) is 11.1 Å². The number of carbonyl (C=O) groups is 1. The van der Waals surface area contributed by atoms with E-state index in [9.17, 15) is 9.59 Å².